The monoisotopic (exact) mass is 494 g/mol. The third-order valence-corrected chi connectivity index (χ3v) is 5.43. The first-order valence-corrected chi connectivity index (χ1v) is 10.3. The number of carbonyl (C=O) groups excluding carboxylic acids is 1. The summed E-state index contributed by atoms with van der Waals surface area (Å²) in [4.78, 5) is 19.6. The maximum atomic E-state index is 13.3. The number of halogens is 2. The number of hydrogen-bond donors (Lipinski definition) is 0. The molecule has 4 rings (SSSR count). The number of hydrogen-bond acceptors (Lipinski definition) is 2. The fourth-order valence-corrected chi connectivity index (χ4v) is 3.68. The van der Waals surface area contributed by atoms with Crippen molar-refractivity contribution in [2.75, 3.05) is 4.90 Å². The van der Waals surface area contributed by atoms with Crippen molar-refractivity contribution in [1.82, 2.24) is 0 Å². The fourth-order valence-electron chi connectivity index (χ4n) is 3.00. The van der Waals surface area contributed by atoms with Crippen molar-refractivity contribution in [3.05, 3.63) is 104 Å². The largest absolute Gasteiger partial charge is 0.282 e. The molecule has 0 radical (unpaired) electrons. The molecule has 3 aromatic carbocycles. The summed E-state index contributed by atoms with van der Waals surface area (Å²) in [6.45, 7) is 2.03. The minimum absolute atomic E-state index is 0.137. The zero-order valence-corrected chi connectivity index (χ0v) is 18.2. The number of aryl methyl sites for hydroxylation is 1. The van der Waals surface area contributed by atoms with Gasteiger partial charge in [0.2, 0.25) is 0 Å². The number of amidine groups is 1. The summed E-state index contributed by atoms with van der Waals surface area (Å²) < 4.78 is 1.94. The van der Waals surface area contributed by atoms with Crippen molar-refractivity contribution >= 4 is 55.4 Å². The molecule has 1 aliphatic rings. The van der Waals surface area contributed by atoms with E-state index in [0.717, 1.165) is 31.3 Å². The van der Waals surface area contributed by atoms with E-state index >= 15 is 0 Å². The highest BCUT2D eigenvalue weighted by molar-refractivity contribution is 9.10. The van der Waals surface area contributed by atoms with E-state index in [1.807, 2.05) is 85.8 Å². The highest BCUT2D eigenvalue weighted by Gasteiger charge is 2.32. The molecule has 0 N–H and O–H groups in total. The molecule has 0 spiro atoms. The van der Waals surface area contributed by atoms with E-state index in [0.29, 0.717) is 11.5 Å². The van der Waals surface area contributed by atoms with Crippen molar-refractivity contribution in [2.24, 2.45) is 4.99 Å². The van der Waals surface area contributed by atoms with Crippen LogP contribution in [0.4, 0.5) is 5.69 Å². The number of rotatable bonds is 3. The Labute approximate surface area is 180 Å². The molecule has 3 nitrogen and oxygen atoms in total. The first-order valence-electron chi connectivity index (χ1n) is 8.74. The predicted octanol–water partition coefficient (Wildman–Crippen LogP) is 6.35. The second kappa shape index (κ2) is 7.86. The summed E-state index contributed by atoms with van der Waals surface area (Å²) >= 11 is 6.93. The third-order valence-electron chi connectivity index (χ3n) is 4.41. The van der Waals surface area contributed by atoms with Crippen LogP contribution in [0.3, 0.4) is 0 Å². The molecular formula is C23H16Br2N2O. The van der Waals surface area contributed by atoms with Gasteiger partial charge in [0.25, 0.3) is 5.91 Å². The van der Waals surface area contributed by atoms with Gasteiger partial charge in [-0.2, -0.15) is 0 Å². The summed E-state index contributed by atoms with van der Waals surface area (Å²) in [5, 5.41) is 0. The van der Waals surface area contributed by atoms with E-state index in [-0.39, 0.29) is 5.91 Å². The number of benzene rings is 3. The minimum Gasteiger partial charge on any atom is -0.266 e. The lowest BCUT2D eigenvalue weighted by Crippen LogP contribution is -2.32. The smallest absolute Gasteiger partial charge is 0.266 e. The van der Waals surface area contributed by atoms with Crippen molar-refractivity contribution in [1.29, 1.82) is 0 Å². The van der Waals surface area contributed by atoms with Crippen LogP contribution in [0.25, 0.3) is 6.08 Å². The molecule has 0 aromatic heterocycles. The van der Waals surface area contributed by atoms with Gasteiger partial charge in [0.05, 0.1) is 5.69 Å². The van der Waals surface area contributed by atoms with Gasteiger partial charge in [-0.15, -0.1) is 0 Å². The van der Waals surface area contributed by atoms with Gasteiger partial charge in [-0.1, -0.05) is 73.8 Å². The Balaban J connectivity index is 1.82. The molecule has 138 valence electrons. The van der Waals surface area contributed by atoms with E-state index < -0.39 is 0 Å². The average Bonchev–Trinajstić information content (AvgIpc) is 2.99. The molecule has 0 bridgehead atoms. The number of aliphatic imine (C=N–C) groups is 1. The Kier molecular flexibility index (Phi) is 5.29. The third kappa shape index (κ3) is 3.86. The summed E-state index contributed by atoms with van der Waals surface area (Å²) in [5.74, 6) is 0.490. The SMILES string of the molecule is Cc1ccc(N2C(=O)/C(=C\c3cccc(Br)c3)N=C2c2ccc(Br)cc2)cc1. The van der Waals surface area contributed by atoms with Gasteiger partial charge in [0.15, 0.2) is 0 Å². The topological polar surface area (TPSA) is 32.7 Å². The van der Waals surface area contributed by atoms with Gasteiger partial charge in [-0.05, 0) is 55.0 Å². The summed E-state index contributed by atoms with van der Waals surface area (Å²) in [6, 6.07) is 23.5. The maximum Gasteiger partial charge on any atom is 0.282 e. The zero-order valence-electron chi connectivity index (χ0n) is 15.1. The minimum atomic E-state index is -0.137. The van der Waals surface area contributed by atoms with E-state index in [4.69, 9.17) is 4.99 Å². The van der Waals surface area contributed by atoms with Gasteiger partial charge in [-0.25, -0.2) is 4.99 Å². The highest BCUT2D eigenvalue weighted by atomic mass is 79.9. The summed E-state index contributed by atoms with van der Waals surface area (Å²) in [5.41, 5.74) is 4.16. The van der Waals surface area contributed by atoms with Crippen LogP contribution >= 0.6 is 31.9 Å². The Hall–Kier alpha value is -2.50. The van der Waals surface area contributed by atoms with Crippen LogP contribution in [0, 0.1) is 6.92 Å². The molecule has 0 saturated heterocycles. The fraction of sp³-hybridized carbons (Fsp3) is 0.0435. The molecule has 1 aliphatic heterocycles. The normalized spacial score (nSPS) is 15.2. The summed E-state index contributed by atoms with van der Waals surface area (Å²) in [7, 11) is 0. The quantitative estimate of drug-likeness (QED) is 0.389. The van der Waals surface area contributed by atoms with Crippen LogP contribution in [-0.4, -0.2) is 11.7 Å². The predicted molar refractivity (Wildman–Crippen MR) is 121 cm³/mol. The zero-order chi connectivity index (χ0) is 19.7. The Morgan fingerprint density at radius 1 is 0.893 bits per heavy atom. The molecule has 0 saturated carbocycles. The van der Waals surface area contributed by atoms with Crippen LogP contribution < -0.4 is 4.90 Å². The second-order valence-electron chi connectivity index (χ2n) is 6.50. The van der Waals surface area contributed by atoms with Crippen molar-refractivity contribution in [2.45, 2.75) is 6.92 Å². The van der Waals surface area contributed by atoms with Crippen LogP contribution in [0.2, 0.25) is 0 Å². The van der Waals surface area contributed by atoms with E-state index in [1.165, 1.54) is 0 Å². The maximum absolute atomic E-state index is 13.3. The van der Waals surface area contributed by atoms with Gasteiger partial charge in [-0.3, -0.25) is 9.69 Å². The molecule has 0 fully saturated rings. The van der Waals surface area contributed by atoms with Gasteiger partial charge >= 0.3 is 0 Å². The standard InChI is InChI=1S/C23H16Br2N2O/c1-15-5-11-20(12-6-15)27-22(17-7-9-18(24)10-8-17)26-21(23(27)28)14-16-3-2-4-19(25)13-16/h2-14H,1H3/b21-14+. The number of anilines is 1. The van der Waals surface area contributed by atoms with Crippen LogP contribution in [0.15, 0.2) is 92.4 Å². The van der Waals surface area contributed by atoms with Gasteiger partial charge in [0, 0.05) is 14.5 Å². The first-order chi connectivity index (χ1) is 13.5. The molecule has 5 heteroatoms. The Morgan fingerprint density at radius 3 is 2.29 bits per heavy atom. The average molecular weight is 496 g/mol. The lowest BCUT2D eigenvalue weighted by Gasteiger charge is -2.18. The number of nitrogens with zero attached hydrogens (tertiary/aromatic N) is 2. The molecular weight excluding hydrogens is 480 g/mol. The highest BCUT2D eigenvalue weighted by Crippen LogP contribution is 2.29. The molecule has 0 unspecified atom stereocenters. The second-order valence-corrected chi connectivity index (χ2v) is 8.33. The molecule has 0 atom stereocenters. The Morgan fingerprint density at radius 2 is 1.61 bits per heavy atom. The van der Waals surface area contributed by atoms with Crippen molar-refractivity contribution in [3.63, 3.8) is 0 Å². The Bertz CT molecular complexity index is 1100. The van der Waals surface area contributed by atoms with Crippen molar-refractivity contribution in [3.8, 4) is 0 Å². The van der Waals surface area contributed by atoms with Crippen molar-refractivity contribution < 1.29 is 4.79 Å². The molecule has 3 aromatic rings. The lowest BCUT2D eigenvalue weighted by atomic mass is 10.1. The van der Waals surface area contributed by atoms with E-state index in [1.54, 1.807) is 4.90 Å². The number of carbonyl (C=O) groups is 1. The first kappa shape index (κ1) is 18.8. The number of amides is 1. The van der Waals surface area contributed by atoms with E-state index in [9.17, 15) is 4.79 Å². The molecule has 1 amide bonds. The lowest BCUT2D eigenvalue weighted by molar-refractivity contribution is -0.113. The molecule has 0 aliphatic carbocycles. The van der Waals surface area contributed by atoms with Crippen LogP contribution in [0.1, 0.15) is 16.7 Å². The van der Waals surface area contributed by atoms with Crippen LogP contribution in [-0.2, 0) is 4.79 Å². The summed E-state index contributed by atoms with van der Waals surface area (Å²) in [6.07, 6.45) is 1.82. The van der Waals surface area contributed by atoms with Gasteiger partial charge in [0.1, 0.15) is 11.5 Å². The molecule has 1 heterocycles. The van der Waals surface area contributed by atoms with Crippen LogP contribution in [0.5, 0.6) is 0 Å². The molecule has 28 heavy (non-hydrogen) atoms. The van der Waals surface area contributed by atoms with E-state index in [2.05, 4.69) is 31.9 Å². The van der Waals surface area contributed by atoms with Gasteiger partial charge < -0.3 is 0 Å².